The molecule has 0 bridgehead atoms. The van der Waals surface area contributed by atoms with Gasteiger partial charge in [0.2, 0.25) is 10.0 Å². The Morgan fingerprint density at radius 2 is 1.30 bits per heavy atom. The second-order valence-electron chi connectivity index (χ2n) is 5.13. The molecule has 144 valence electrons. The summed E-state index contributed by atoms with van der Waals surface area (Å²) >= 11 is 1.22. The molecule has 0 unspecified atom stereocenters. The number of nitrogen functional groups attached to an aromatic ring is 2. The van der Waals surface area contributed by atoms with Gasteiger partial charge in [-0.05, 0) is 48.5 Å². The van der Waals surface area contributed by atoms with E-state index in [-0.39, 0.29) is 9.79 Å². The first-order valence-electron chi connectivity index (χ1n) is 7.24. The van der Waals surface area contributed by atoms with E-state index in [1.165, 1.54) is 66.1 Å². The highest BCUT2D eigenvalue weighted by molar-refractivity contribution is 7.93. The third-order valence-electron chi connectivity index (χ3n) is 3.05. The van der Waals surface area contributed by atoms with Gasteiger partial charge in [-0.2, -0.15) is 0 Å². The van der Waals surface area contributed by atoms with Crippen molar-refractivity contribution in [1.29, 1.82) is 0 Å². The topological polar surface area (TPSA) is 171 Å². The smallest absolute Gasteiger partial charge is 0.263 e. The lowest BCUT2D eigenvalue weighted by Gasteiger charge is -2.04. The zero-order chi connectivity index (χ0) is 20.1. The fraction of sp³-hybridized carbons (Fsp3) is 0. The number of nitrogens with one attached hydrogen (secondary N) is 1. The largest absolute Gasteiger partial charge is 0.399 e. The van der Waals surface area contributed by atoms with Crippen molar-refractivity contribution < 1.29 is 16.8 Å². The van der Waals surface area contributed by atoms with Gasteiger partial charge in [-0.25, -0.2) is 27.0 Å². The van der Waals surface area contributed by atoms with E-state index < -0.39 is 20.0 Å². The van der Waals surface area contributed by atoms with Gasteiger partial charge in [-0.15, -0.1) is 11.3 Å². The molecule has 3 rings (SSSR count). The van der Waals surface area contributed by atoms with Crippen LogP contribution in [0.15, 0.2) is 69.9 Å². The lowest BCUT2D eigenvalue weighted by molar-refractivity contribution is 0.597. The first-order valence-corrected chi connectivity index (χ1v) is 11.1. The maximum absolute atomic E-state index is 11.8. The maximum atomic E-state index is 11.8. The van der Waals surface area contributed by atoms with Crippen molar-refractivity contribution in [3.05, 3.63) is 60.1 Å². The summed E-state index contributed by atoms with van der Waals surface area (Å²) in [6.45, 7) is 0. The van der Waals surface area contributed by atoms with E-state index in [1.807, 2.05) is 0 Å². The monoisotopic (exact) mass is 427 g/mol. The van der Waals surface area contributed by atoms with Gasteiger partial charge in [-0.1, -0.05) is 0 Å². The van der Waals surface area contributed by atoms with Crippen LogP contribution in [0.5, 0.6) is 0 Å². The first-order chi connectivity index (χ1) is 12.6. The number of rotatable bonds is 4. The van der Waals surface area contributed by atoms with Crippen LogP contribution in [0, 0.1) is 0 Å². The fourth-order valence-electron chi connectivity index (χ4n) is 1.75. The molecule has 2 aromatic carbocycles. The molecule has 0 saturated carbocycles. The van der Waals surface area contributed by atoms with Crippen molar-refractivity contribution in [3.8, 4) is 0 Å². The van der Waals surface area contributed by atoms with Crippen LogP contribution in [0.3, 0.4) is 0 Å². The summed E-state index contributed by atoms with van der Waals surface area (Å²) in [5.41, 5.74) is 11.8. The van der Waals surface area contributed by atoms with E-state index in [1.54, 1.807) is 5.38 Å². The highest BCUT2D eigenvalue weighted by Crippen LogP contribution is 2.18. The Morgan fingerprint density at radius 3 is 1.70 bits per heavy atom. The van der Waals surface area contributed by atoms with Gasteiger partial charge in [0, 0.05) is 23.0 Å². The number of anilines is 3. The molecule has 9 nitrogen and oxygen atoms in total. The van der Waals surface area contributed by atoms with Crippen LogP contribution < -0.4 is 21.3 Å². The molecule has 0 spiro atoms. The normalized spacial score (nSPS) is 11.3. The standard InChI is InChI=1S/C9H9N3O2S2.C6H8N2O2S/c10-7-1-3-8(4-2-7)16(13,14)12-9-11-5-6-15-9;7-5-1-3-6(4-2-5)11(8,9)10/h1-6H,10H2,(H,11,12);1-4H,7H2,(H2,8,9,10). The predicted molar refractivity (Wildman–Crippen MR) is 106 cm³/mol. The third kappa shape index (κ3) is 6.21. The second kappa shape index (κ2) is 8.35. The summed E-state index contributed by atoms with van der Waals surface area (Å²) in [4.78, 5) is 4.09. The number of nitrogens with zero attached hydrogens (tertiary/aromatic N) is 1. The van der Waals surface area contributed by atoms with Crippen LogP contribution in [-0.4, -0.2) is 21.8 Å². The Hall–Kier alpha value is -2.67. The second-order valence-corrected chi connectivity index (χ2v) is 9.26. The highest BCUT2D eigenvalue weighted by Gasteiger charge is 2.14. The molecule has 1 heterocycles. The van der Waals surface area contributed by atoms with E-state index in [0.29, 0.717) is 16.5 Å². The third-order valence-corrected chi connectivity index (χ3v) is 6.15. The summed E-state index contributed by atoms with van der Waals surface area (Å²) in [5.74, 6) is 0. The number of primary sulfonamides is 1. The number of benzene rings is 2. The average molecular weight is 428 g/mol. The molecule has 7 N–H and O–H groups in total. The van der Waals surface area contributed by atoms with Gasteiger partial charge in [0.05, 0.1) is 9.79 Å². The molecule has 0 radical (unpaired) electrons. The van der Waals surface area contributed by atoms with Gasteiger partial charge in [-0.3, -0.25) is 4.72 Å². The molecule has 0 saturated heterocycles. The fourth-order valence-corrected chi connectivity index (χ4v) is 4.06. The number of hydrogen-bond donors (Lipinski definition) is 4. The minimum absolute atomic E-state index is 0.0756. The molecule has 1 aromatic heterocycles. The molecular weight excluding hydrogens is 410 g/mol. The Kier molecular flexibility index (Phi) is 6.38. The van der Waals surface area contributed by atoms with Gasteiger partial charge in [0.15, 0.2) is 5.13 Å². The van der Waals surface area contributed by atoms with Gasteiger partial charge in [0.1, 0.15) is 0 Å². The lowest BCUT2D eigenvalue weighted by atomic mass is 10.3. The molecule has 0 aliphatic rings. The molecule has 27 heavy (non-hydrogen) atoms. The van der Waals surface area contributed by atoms with Crippen LogP contribution in [0.1, 0.15) is 0 Å². The first kappa shape index (κ1) is 20.6. The zero-order valence-corrected chi connectivity index (χ0v) is 16.3. The minimum Gasteiger partial charge on any atom is -0.399 e. The number of sulfonamides is 2. The van der Waals surface area contributed by atoms with Crippen LogP contribution >= 0.6 is 11.3 Å². The summed E-state index contributed by atoms with van der Waals surface area (Å²) in [6, 6.07) is 11.7. The van der Waals surface area contributed by atoms with E-state index >= 15 is 0 Å². The molecule has 0 amide bonds. The number of thiazole rings is 1. The average Bonchev–Trinajstić information content (AvgIpc) is 3.07. The van der Waals surface area contributed by atoms with Crippen LogP contribution in [-0.2, 0) is 20.0 Å². The van der Waals surface area contributed by atoms with Crippen molar-refractivity contribution in [2.24, 2.45) is 5.14 Å². The Morgan fingerprint density at radius 1 is 0.815 bits per heavy atom. The molecule has 0 fully saturated rings. The van der Waals surface area contributed by atoms with Crippen LogP contribution in [0.25, 0.3) is 0 Å². The van der Waals surface area contributed by atoms with Gasteiger partial charge < -0.3 is 11.5 Å². The van der Waals surface area contributed by atoms with Crippen molar-refractivity contribution in [3.63, 3.8) is 0 Å². The maximum Gasteiger partial charge on any atom is 0.263 e. The molecule has 0 aliphatic heterocycles. The summed E-state index contributed by atoms with van der Waals surface area (Å²) in [6.07, 6.45) is 1.53. The molecule has 0 atom stereocenters. The van der Waals surface area contributed by atoms with E-state index in [9.17, 15) is 16.8 Å². The Bertz CT molecular complexity index is 1080. The molecule has 0 aliphatic carbocycles. The Labute approximate surface area is 161 Å². The van der Waals surface area contributed by atoms with Gasteiger partial charge in [0.25, 0.3) is 10.0 Å². The van der Waals surface area contributed by atoms with Crippen LogP contribution in [0.4, 0.5) is 16.5 Å². The summed E-state index contributed by atoms with van der Waals surface area (Å²) in [7, 11) is -7.13. The highest BCUT2D eigenvalue weighted by atomic mass is 32.2. The molecule has 12 heteroatoms. The number of hydrogen-bond acceptors (Lipinski definition) is 8. The van der Waals surface area contributed by atoms with Crippen molar-refractivity contribution in [2.75, 3.05) is 16.2 Å². The van der Waals surface area contributed by atoms with Crippen molar-refractivity contribution >= 4 is 47.9 Å². The Balaban J connectivity index is 0.000000208. The van der Waals surface area contributed by atoms with E-state index in [4.69, 9.17) is 16.6 Å². The SMILES string of the molecule is Nc1ccc(S(=O)(=O)Nc2nccs2)cc1.Nc1ccc(S(N)(=O)=O)cc1. The zero-order valence-electron chi connectivity index (χ0n) is 13.8. The van der Waals surface area contributed by atoms with E-state index in [0.717, 1.165) is 0 Å². The lowest BCUT2D eigenvalue weighted by Crippen LogP contribution is -2.12. The van der Waals surface area contributed by atoms with E-state index in [2.05, 4.69) is 9.71 Å². The summed E-state index contributed by atoms with van der Waals surface area (Å²) in [5, 5.41) is 6.88. The van der Waals surface area contributed by atoms with Crippen molar-refractivity contribution in [2.45, 2.75) is 9.79 Å². The quantitative estimate of drug-likeness (QED) is 0.456. The number of aromatic nitrogens is 1. The molecule has 3 aromatic rings. The predicted octanol–water partition coefficient (Wildman–Crippen LogP) is 1.44. The number of nitrogens with two attached hydrogens (primary N) is 3. The van der Waals surface area contributed by atoms with Crippen LogP contribution in [0.2, 0.25) is 0 Å². The summed E-state index contributed by atoms with van der Waals surface area (Å²) < 4.78 is 47.4. The minimum atomic E-state index is -3.58. The van der Waals surface area contributed by atoms with Crippen molar-refractivity contribution in [1.82, 2.24) is 4.98 Å². The molecular formula is C15H17N5O4S3. The van der Waals surface area contributed by atoms with Gasteiger partial charge >= 0.3 is 0 Å².